The lowest BCUT2D eigenvalue weighted by Gasteiger charge is -2.33. The predicted molar refractivity (Wildman–Crippen MR) is 134 cm³/mol. The molecular weight excluding hydrogens is 420 g/mol. The maximum Gasteiger partial charge on any atom is 0.175 e. The molecule has 0 unspecified atom stereocenters. The van der Waals surface area contributed by atoms with Crippen LogP contribution in [-0.2, 0) is 19.9 Å². The summed E-state index contributed by atoms with van der Waals surface area (Å²) in [4.78, 5) is 11.7. The van der Waals surface area contributed by atoms with E-state index in [1.165, 1.54) is 5.56 Å². The lowest BCUT2D eigenvalue weighted by atomic mass is 10.0. The second-order valence-corrected chi connectivity index (χ2v) is 9.43. The van der Waals surface area contributed by atoms with Gasteiger partial charge < -0.3 is 20.5 Å². The number of anilines is 1. The molecule has 6 nitrogen and oxygen atoms in total. The molecule has 2 aliphatic rings. The molecule has 1 aromatic carbocycles. The number of aryl methyl sites for hydroxylation is 2. The Hall–Kier alpha value is -2.31. The minimum atomic E-state index is 0.306. The van der Waals surface area contributed by atoms with Crippen molar-refractivity contribution in [2.45, 2.75) is 64.5 Å². The molecule has 3 N–H and O–H groups in total. The standard InChI is InChI=1S/C25H35ClN6/c1-4-18-15-19(23(26)22(16-18)32-12-9-20(27)10-13-32)6-5-17(2)29-24(30-21-7-8-21)25-28-11-14-31(25)3/h5,11,14-16,20-21H,4,6-10,12-13,27H2,1-3H3,(H,29,30)/b17-5-. The molecule has 2 heterocycles. The third kappa shape index (κ3) is 5.54. The third-order valence-electron chi connectivity index (χ3n) is 6.31. The molecule has 2 fully saturated rings. The minimum Gasteiger partial charge on any atom is -0.370 e. The number of hydrogen-bond donors (Lipinski definition) is 2. The van der Waals surface area contributed by atoms with E-state index in [2.05, 4.69) is 47.3 Å². The van der Waals surface area contributed by atoms with E-state index in [0.29, 0.717) is 12.1 Å². The summed E-state index contributed by atoms with van der Waals surface area (Å²) < 4.78 is 2.00. The van der Waals surface area contributed by atoms with Crippen molar-refractivity contribution in [3.05, 3.63) is 58.3 Å². The van der Waals surface area contributed by atoms with Crippen molar-refractivity contribution < 1.29 is 0 Å². The molecule has 1 saturated carbocycles. The fraction of sp³-hybridized carbons (Fsp3) is 0.520. The van der Waals surface area contributed by atoms with E-state index in [-0.39, 0.29) is 0 Å². The zero-order valence-electron chi connectivity index (χ0n) is 19.4. The van der Waals surface area contributed by atoms with Gasteiger partial charge in [0.15, 0.2) is 11.7 Å². The highest BCUT2D eigenvalue weighted by molar-refractivity contribution is 6.34. The first-order valence-corrected chi connectivity index (χ1v) is 12.1. The first kappa shape index (κ1) is 22.9. The fourth-order valence-corrected chi connectivity index (χ4v) is 4.39. The average molecular weight is 455 g/mol. The Morgan fingerprint density at radius 1 is 1.28 bits per heavy atom. The van der Waals surface area contributed by atoms with Crippen LogP contribution in [0.1, 0.15) is 56.5 Å². The Balaban J connectivity index is 1.52. The number of allylic oxidation sites excluding steroid dienone is 2. The molecule has 1 aliphatic heterocycles. The smallest absolute Gasteiger partial charge is 0.175 e. The van der Waals surface area contributed by atoms with Gasteiger partial charge in [0.25, 0.3) is 0 Å². The molecule has 1 saturated heterocycles. The van der Waals surface area contributed by atoms with Gasteiger partial charge in [0.2, 0.25) is 0 Å². The molecule has 2 aromatic rings. The highest BCUT2D eigenvalue weighted by Gasteiger charge is 2.23. The summed E-state index contributed by atoms with van der Waals surface area (Å²) in [5.41, 5.74) is 10.8. The van der Waals surface area contributed by atoms with Gasteiger partial charge in [0.05, 0.1) is 16.8 Å². The van der Waals surface area contributed by atoms with Gasteiger partial charge in [-0.1, -0.05) is 30.7 Å². The Morgan fingerprint density at radius 3 is 2.66 bits per heavy atom. The van der Waals surface area contributed by atoms with Gasteiger partial charge in [0.1, 0.15) is 0 Å². The second-order valence-electron chi connectivity index (χ2n) is 9.05. The van der Waals surface area contributed by atoms with Crippen molar-refractivity contribution in [1.29, 1.82) is 0 Å². The molecule has 4 rings (SSSR count). The van der Waals surface area contributed by atoms with Gasteiger partial charge in [-0.2, -0.15) is 0 Å². The van der Waals surface area contributed by atoms with E-state index in [1.54, 1.807) is 0 Å². The number of nitrogens with zero attached hydrogens (tertiary/aromatic N) is 4. The number of piperidine rings is 1. The van der Waals surface area contributed by atoms with Crippen LogP contribution in [0.25, 0.3) is 0 Å². The van der Waals surface area contributed by atoms with Gasteiger partial charge >= 0.3 is 0 Å². The van der Waals surface area contributed by atoms with E-state index >= 15 is 0 Å². The van der Waals surface area contributed by atoms with E-state index in [9.17, 15) is 0 Å². The molecule has 0 atom stereocenters. The normalized spacial score (nSPS) is 18.3. The summed E-state index contributed by atoms with van der Waals surface area (Å²) in [6, 6.07) is 5.21. The molecule has 32 heavy (non-hydrogen) atoms. The summed E-state index contributed by atoms with van der Waals surface area (Å²) >= 11 is 6.92. The topological polar surface area (TPSA) is 71.5 Å². The number of hydrogen-bond acceptors (Lipinski definition) is 4. The molecule has 0 radical (unpaired) electrons. The molecular formula is C25H35ClN6. The number of nitrogens with one attached hydrogen (secondary N) is 1. The second kappa shape index (κ2) is 10.1. The highest BCUT2D eigenvalue weighted by atomic mass is 35.5. The maximum absolute atomic E-state index is 6.92. The summed E-state index contributed by atoms with van der Waals surface area (Å²) in [6.45, 7) is 6.21. The van der Waals surface area contributed by atoms with Gasteiger partial charge in [-0.15, -0.1) is 0 Å². The summed E-state index contributed by atoms with van der Waals surface area (Å²) in [5.74, 6) is 1.70. The maximum atomic E-state index is 6.92. The van der Waals surface area contributed by atoms with Crippen LogP contribution in [0.4, 0.5) is 5.69 Å². The molecule has 172 valence electrons. The lowest BCUT2D eigenvalue weighted by Crippen LogP contribution is -2.39. The summed E-state index contributed by atoms with van der Waals surface area (Å²) in [7, 11) is 2.00. The molecule has 0 bridgehead atoms. The van der Waals surface area contributed by atoms with Crippen molar-refractivity contribution in [3.8, 4) is 0 Å². The Kier molecular flexibility index (Phi) is 7.21. The van der Waals surface area contributed by atoms with Crippen LogP contribution in [0.2, 0.25) is 5.02 Å². The first-order valence-electron chi connectivity index (χ1n) is 11.8. The van der Waals surface area contributed by atoms with Crippen molar-refractivity contribution in [2.24, 2.45) is 17.8 Å². The largest absolute Gasteiger partial charge is 0.370 e. The number of halogens is 1. The monoisotopic (exact) mass is 454 g/mol. The van der Waals surface area contributed by atoms with Crippen molar-refractivity contribution in [2.75, 3.05) is 18.0 Å². The Morgan fingerprint density at radius 2 is 2.03 bits per heavy atom. The highest BCUT2D eigenvalue weighted by Crippen LogP contribution is 2.33. The average Bonchev–Trinajstić information content (AvgIpc) is 3.50. The van der Waals surface area contributed by atoms with Gasteiger partial charge in [0, 0.05) is 44.3 Å². The van der Waals surface area contributed by atoms with E-state index in [0.717, 1.165) is 85.2 Å². The SMILES string of the molecule is CCc1cc(C/C=C(/C)NC(=NC2CC2)c2nccn2C)c(Cl)c(N2CCC(N)CC2)c1. The Labute approximate surface area is 196 Å². The minimum absolute atomic E-state index is 0.306. The van der Waals surface area contributed by atoms with Crippen molar-refractivity contribution in [3.63, 3.8) is 0 Å². The van der Waals surface area contributed by atoms with Crippen LogP contribution in [-0.4, -0.2) is 40.6 Å². The van der Waals surface area contributed by atoms with Gasteiger partial charge in [-0.05, 0) is 62.6 Å². The molecule has 1 aromatic heterocycles. The summed E-state index contributed by atoms with van der Waals surface area (Å²) in [6.07, 6.45) is 12.0. The number of aliphatic imine (C=N–C) groups is 1. The van der Waals surface area contributed by atoms with Gasteiger partial charge in [-0.3, -0.25) is 4.99 Å². The van der Waals surface area contributed by atoms with E-state index in [4.69, 9.17) is 22.3 Å². The number of imidazole rings is 1. The van der Waals surface area contributed by atoms with Crippen LogP contribution in [0.15, 0.2) is 41.3 Å². The number of amidine groups is 1. The molecule has 0 amide bonds. The lowest BCUT2D eigenvalue weighted by molar-refractivity contribution is 0.501. The fourth-order valence-electron chi connectivity index (χ4n) is 4.08. The van der Waals surface area contributed by atoms with Crippen LogP contribution in [0.5, 0.6) is 0 Å². The quantitative estimate of drug-likeness (QED) is 0.485. The van der Waals surface area contributed by atoms with Crippen molar-refractivity contribution in [1.82, 2.24) is 14.9 Å². The van der Waals surface area contributed by atoms with E-state index in [1.807, 2.05) is 24.0 Å². The van der Waals surface area contributed by atoms with E-state index < -0.39 is 0 Å². The first-order chi connectivity index (χ1) is 15.4. The van der Waals surface area contributed by atoms with Gasteiger partial charge in [-0.25, -0.2) is 4.98 Å². The number of benzene rings is 1. The van der Waals surface area contributed by atoms with Crippen molar-refractivity contribution >= 4 is 23.1 Å². The van der Waals surface area contributed by atoms with Crippen LogP contribution >= 0.6 is 11.6 Å². The Bertz CT molecular complexity index is 996. The molecule has 1 aliphatic carbocycles. The molecule has 0 spiro atoms. The zero-order chi connectivity index (χ0) is 22.7. The number of rotatable bonds is 7. The number of aromatic nitrogens is 2. The van der Waals surface area contributed by atoms with Crippen LogP contribution in [0.3, 0.4) is 0 Å². The molecule has 7 heteroatoms. The van der Waals surface area contributed by atoms with Crippen LogP contribution < -0.4 is 16.0 Å². The number of nitrogens with two attached hydrogens (primary N) is 1. The van der Waals surface area contributed by atoms with Crippen LogP contribution in [0, 0.1) is 0 Å². The third-order valence-corrected chi connectivity index (χ3v) is 6.75. The zero-order valence-corrected chi connectivity index (χ0v) is 20.2. The summed E-state index contributed by atoms with van der Waals surface area (Å²) in [5, 5.41) is 4.35. The predicted octanol–water partition coefficient (Wildman–Crippen LogP) is 4.21.